The molecule has 1 aromatic rings. The molecule has 0 aliphatic carbocycles. The molecule has 0 bridgehead atoms. The lowest BCUT2D eigenvalue weighted by Gasteiger charge is -2.13. The summed E-state index contributed by atoms with van der Waals surface area (Å²) in [6, 6.07) is 3.88. The molecule has 2 N–H and O–H groups in total. The van der Waals surface area contributed by atoms with Crippen molar-refractivity contribution in [3.8, 4) is 0 Å². The molecule has 1 heterocycles. The van der Waals surface area contributed by atoms with Gasteiger partial charge in [-0.05, 0) is 17.4 Å². The van der Waals surface area contributed by atoms with E-state index in [1.165, 1.54) is 0 Å². The maximum absolute atomic E-state index is 5.63. The van der Waals surface area contributed by atoms with Crippen LogP contribution < -0.4 is 5.73 Å². The lowest BCUT2D eigenvalue weighted by molar-refractivity contribution is 0.507. The second kappa shape index (κ2) is 4.58. The number of furan rings is 1. The average molecular weight is 185 g/mol. The minimum Gasteiger partial charge on any atom is -0.468 e. The summed E-state index contributed by atoms with van der Waals surface area (Å²) in [5.41, 5.74) is 5.63. The summed E-state index contributed by atoms with van der Waals surface area (Å²) in [6.07, 6.45) is 1.69. The van der Waals surface area contributed by atoms with Gasteiger partial charge in [-0.2, -0.15) is 0 Å². The average Bonchev–Trinajstić information content (AvgIpc) is 2.51. The minimum absolute atomic E-state index is 0.306. The van der Waals surface area contributed by atoms with E-state index in [9.17, 15) is 0 Å². The van der Waals surface area contributed by atoms with Crippen LogP contribution in [0, 0.1) is 0 Å². The Morgan fingerprint density at radius 3 is 2.75 bits per heavy atom. The normalized spacial score (nSPS) is 13.7. The van der Waals surface area contributed by atoms with Crippen molar-refractivity contribution in [3.05, 3.63) is 24.2 Å². The van der Waals surface area contributed by atoms with Crippen molar-refractivity contribution in [1.29, 1.82) is 0 Å². The van der Waals surface area contributed by atoms with Crippen LogP contribution in [0.25, 0.3) is 0 Å². The van der Waals surface area contributed by atoms with Crippen LogP contribution in [0.15, 0.2) is 22.8 Å². The van der Waals surface area contributed by atoms with Crippen LogP contribution in [-0.2, 0) is 0 Å². The first-order valence-electron chi connectivity index (χ1n) is 4.13. The summed E-state index contributed by atoms with van der Waals surface area (Å²) in [4.78, 5) is 0. The summed E-state index contributed by atoms with van der Waals surface area (Å²) in [5.74, 6) is 0.983. The number of rotatable bonds is 4. The van der Waals surface area contributed by atoms with Crippen LogP contribution >= 0.6 is 11.8 Å². The van der Waals surface area contributed by atoms with E-state index in [1.807, 2.05) is 23.9 Å². The van der Waals surface area contributed by atoms with Crippen molar-refractivity contribution in [2.24, 2.45) is 5.73 Å². The topological polar surface area (TPSA) is 39.2 Å². The highest BCUT2D eigenvalue weighted by atomic mass is 32.2. The Morgan fingerprint density at radius 2 is 2.33 bits per heavy atom. The number of hydrogen-bond acceptors (Lipinski definition) is 3. The molecule has 0 spiro atoms. The third-order valence-electron chi connectivity index (χ3n) is 1.51. The maximum Gasteiger partial charge on any atom is 0.118 e. The van der Waals surface area contributed by atoms with E-state index in [4.69, 9.17) is 10.2 Å². The van der Waals surface area contributed by atoms with E-state index in [0.717, 1.165) is 5.76 Å². The Morgan fingerprint density at radius 1 is 1.58 bits per heavy atom. The number of thioether (sulfide) groups is 1. The minimum atomic E-state index is 0.306. The quantitative estimate of drug-likeness (QED) is 0.783. The Labute approximate surface area is 77.5 Å². The van der Waals surface area contributed by atoms with Gasteiger partial charge in [0.15, 0.2) is 0 Å². The summed E-state index contributed by atoms with van der Waals surface area (Å²) in [5, 5.41) is 0.892. The first-order chi connectivity index (χ1) is 5.74. The van der Waals surface area contributed by atoms with Crippen molar-refractivity contribution in [2.45, 2.75) is 24.3 Å². The molecule has 1 unspecified atom stereocenters. The predicted octanol–water partition coefficient (Wildman–Crippen LogP) is 2.42. The zero-order chi connectivity index (χ0) is 8.97. The van der Waals surface area contributed by atoms with Crippen LogP contribution in [-0.4, -0.2) is 11.8 Å². The smallest absolute Gasteiger partial charge is 0.118 e. The lowest BCUT2D eigenvalue weighted by atomic mass is 10.3. The van der Waals surface area contributed by atoms with Crippen LogP contribution in [0.5, 0.6) is 0 Å². The van der Waals surface area contributed by atoms with Gasteiger partial charge in [-0.25, -0.2) is 0 Å². The molecule has 3 heteroatoms. The van der Waals surface area contributed by atoms with Crippen molar-refractivity contribution in [2.75, 3.05) is 6.54 Å². The third-order valence-corrected chi connectivity index (χ3v) is 2.81. The molecule has 2 nitrogen and oxygen atoms in total. The molecule has 0 amide bonds. The predicted molar refractivity (Wildman–Crippen MR) is 53.2 cm³/mol. The zero-order valence-corrected chi connectivity index (χ0v) is 8.30. The van der Waals surface area contributed by atoms with Gasteiger partial charge in [-0.15, -0.1) is 11.8 Å². The molecule has 0 aliphatic rings. The van der Waals surface area contributed by atoms with Gasteiger partial charge in [0.25, 0.3) is 0 Å². The molecule has 12 heavy (non-hydrogen) atoms. The standard InChI is InChI=1S/C9H15NOS/c1-7(2)12-9(6-10)8-4-3-5-11-8/h3-5,7,9H,6,10H2,1-2H3. The summed E-state index contributed by atoms with van der Waals surface area (Å²) in [7, 11) is 0. The van der Waals surface area contributed by atoms with Gasteiger partial charge in [0.1, 0.15) is 5.76 Å². The van der Waals surface area contributed by atoms with E-state index in [2.05, 4.69) is 13.8 Å². The van der Waals surface area contributed by atoms with E-state index >= 15 is 0 Å². The van der Waals surface area contributed by atoms with Gasteiger partial charge < -0.3 is 10.2 Å². The van der Waals surface area contributed by atoms with E-state index < -0.39 is 0 Å². The molecular weight excluding hydrogens is 170 g/mol. The number of hydrogen-bond donors (Lipinski definition) is 1. The molecule has 0 aromatic carbocycles. The van der Waals surface area contributed by atoms with Crippen molar-refractivity contribution < 1.29 is 4.42 Å². The molecule has 0 saturated heterocycles. The lowest BCUT2D eigenvalue weighted by Crippen LogP contribution is -2.10. The molecular formula is C9H15NOS. The van der Waals surface area contributed by atoms with Crippen molar-refractivity contribution in [1.82, 2.24) is 0 Å². The van der Waals surface area contributed by atoms with Gasteiger partial charge >= 0.3 is 0 Å². The maximum atomic E-state index is 5.63. The summed E-state index contributed by atoms with van der Waals surface area (Å²) >= 11 is 1.84. The summed E-state index contributed by atoms with van der Waals surface area (Å²) < 4.78 is 5.29. The Balaban J connectivity index is 2.57. The fourth-order valence-electron chi connectivity index (χ4n) is 1.04. The molecule has 0 saturated carbocycles. The monoisotopic (exact) mass is 185 g/mol. The van der Waals surface area contributed by atoms with Gasteiger partial charge in [0, 0.05) is 6.54 Å². The van der Waals surface area contributed by atoms with Gasteiger partial charge in [0.2, 0.25) is 0 Å². The van der Waals surface area contributed by atoms with Crippen LogP contribution in [0.2, 0.25) is 0 Å². The van der Waals surface area contributed by atoms with Gasteiger partial charge in [0.05, 0.1) is 11.5 Å². The highest BCUT2D eigenvalue weighted by molar-refractivity contribution is 8.00. The van der Waals surface area contributed by atoms with Crippen LogP contribution in [0.4, 0.5) is 0 Å². The largest absolute Gasteiger partial charge is 0.468 e. The third kappa shape index (κ3) is 2.57. The van der Waals surface area contributed by atoms with Crippen molar-refractivity contribution in [3.63, 3.8) is 0 Å². The molecule has 1 atom stereocenters. The van der Waals surface area contributed by atoms with E-state index in [-0.39, 0.29) is 0 Å². The SMILES string of the molecule is CC(C)SC(CN)c1ccco1. The highest BCUT2D eigenvalue weighted by Crippen LogP contribution is 2.30. The Hall–Kier alpha value is -0.410. The molecule has 1 rings (SSSR count). The van der Waals surface area contributed by atoms with Crippen LogP contribution in [0.1, 0.15) is 24.9 Å². The van der Waals surface area contributed by atoms with E-state index in [1.54, 1.807) is 6.26 Å². The molecule has 0 aliphatic heterocycles. The number of nitrogens with two attached hydrogens (primary N) is 1. The fourth-order valence-corrected chi connectivity index (χ4v) is 2.08. The molecule has 0 fully saturated rings. The van der Waals surface area contributed by atoms with Crippen LogP contribution in [0.3, 0.4) is 0 Å². The second-order valence-corrected chi connectivity index (χ2v) is 4.71. The molecule has 68 valence electrons. The van der Waals surface area contributed by atoms with Crippen molar-refractivity contribution >= 4 is 11.8 Å². The first kappa shape index (κ1) is 9.68. The zero-order valence-electron chi connectivity index (χ0n) is 7.49. The second-order valence-electron chi connectivity index (χ2n) is 2.92. The van der Waals surface area contributed by atoms with E-state index in [0.29, 0.717) is 17.0 Å². The van der Waals surface area contributed by atoms with Gasteiger partial charge in [-0.3, -0.25) is 0 Å². The first-order valence-corrected chi connectivity index (χ1v) is 5.07. The molecule has 0 radical (unpaired) electrons. The summed E-state index contributed by atoms with van der Waals surface area (Å²) in [6.45, 7) is 4.96. The Kier molecular flexibility index (Phi) is 3.69. The Bertz CT molecular complexity index is 208. The highest BCUT2D eigenvalue weighted by Gasteiger charge is 2.13. The fraction of sp³-hybridized carbons (Fsp3) is 0.556. The molecule has 1 aromatic heterocycles. The van der Waals surface area contributed by atoms with Gasteiger partial charge in [-0.1, -0.05) is 13.8 Å².